The van der Waals surface area contributed by atoms with Gasteiger partial charge in [-0.25, -0.2) is 4.79 Å². The molecule has 5 atom stereocenters. The van der Waals surface area contributed by atoms with Crippen molar-refractivity contribution in [2.45, 2.75) is 127 Å². The van der Waals surface area contributed by atoms with Gasteiger partial charge in [-0.05, 0) is 6.42 Å². The van der Waals surface area contributed by atoms with Crippen molar-refractivity contribution in [3.63, 3.8) is 0 Å². The first kappa shape index (κ1) is 31.1. The van der Waals surface area contributed by atoms with Crippen molar-refractivity contribution in [3.05, 3.63) is 32.9 Å². The van der Waals surface area contributed by atoms with Gasteiger partial charge >= 0.3 is 11.7 Å². The number of aromatic amines is 1. The van der Waals surface area contributed by atoms with Crippen LogP contribution in [0.1, 0.15) is 103 Å². The predicted octanol–water partition coefficient (Wildman–Crippen LogP) is 2.65. The Morgan fingerprint density at radius 2 is 1.54 bits per heavy atom. The summed E-state index contributed by atoms with van der Waals surface area (Å²) in [4.78, 5) is 37.3. The lowest BCUT2D eigenvalue weighted by Gasteiger charge is -2.41. The molecule has 1 aromatic rings. The van der Waals surface area contributed by atoms with Crippen LogP contribution in [0.25, 0.3) is 0 Å². The number of ether oxygens (including phenoxy) is 2. The van der Waals surface area contributed by atoms with E-state index in [4.69, 9.17) is 15.2 Å². The molecule has 2 rings (SSSR count). The number of nitrogens with zero attached hydrogens (tertiary/aromatic N) is 1. The van der Waals surface area contributed by atoms with Crippen molar-refractivity contribution >= 4 is 5.97 Å². The lowest BCUT2D eigenvalue weighted by Crippen LogP contribution is -2.61. The highest BCUT2D eigenvalue weighted by atomic mass is 19.1. The number of hydrogen-bond acceptors (Lipinski definition) is 8. The van der Waals surface area contributed by atoms with E-state index in [1.54, 1.807) is 4.98 Å². The summed E-state index contributed by atoms with van der Waals surface area (Å²) in [6, 6.07) is -1.30. The Kier molecular flexibility index (Phi) is 14.1. The van der Waals surface area contributed by atoms with E-state index in [1.165, 1.54) is 57.8 Å². The summed E-state index contributed by atoms with van der Waals surface area (Å²) in [6.45, 7) is 1.85. The van der Waals surface area contributed by atoms with Crippen LogP contribution in [0.2, 0.25) is 0 Å². The van der Waals surface area contributed by atoms with Crippen LogP contribution < -0.4 is 17.0 Å². The number of halogens is 1. The number of aromatic nitrogens is 2. The molecule has 37 heavy (non-hydrogen) atoms. The van der Waals surface area contributed by atoms with Crippen LogP contribution in [-0.4, -0.2) is 56.7 Å². The minimum Gasteiger partial charge on any atom is -0.463 e. The lowest BCUT2D eigenvalue weighted by molar-refractivity contribution is -0.216. The maximum Gasteiger partial charge on any atom is 0.330 e. The number of nitrogens with two attached hydrogens (primary N) is 1. The normalized spacial score (nSPS) is 23.8. The second kappa shape index (κ2) is 16.7. The van der Waals surface area contributed by atoms with Crippen LogP contribution in [0.3, 0.4) is 0 Å². The summed E-state index contributed by atoms with van der Waals surface area (Å²) in [7, 11) is 0. The zero-order valence-electron chi connectivity index (χ0n) is 21.9. The number of carbonyl (C=O) groups is 1. The van der Waals surface area contributed by atoms with Crippen molar-refractivity contribution in [2.24, 2.45) is 5.73 Å². The third-order valence-corrected chi connectivity index (χ3v) is 6.86. The van der Waals surface area contributed by atoms with Crippen LogP contribution in [0, 0.1) is 5.82 Å². The van der Waals surface area contributed by atoms with E-state index >= 15 is 0 Å². The second-order valence-corrected chi connectivity index (χ2v) is 9.94. The molecule has 0 aliphatic carbocycles. The van der Waals surface area contributed by atoms with E-state index < -0.39 is 53.6 Å². The number of aliphatic hydroxyl groups excluding tert-OH is 2. The summed E-state index contributed by atoms with van der Waals surface area (Å²) >= 11 is 0. The summed E-state index contributed by atoms with van der Waals surface area (Å²) in [5.41, 5.74) is 3.67. The first-order valence-electron chi connectivity index (χ1n) is 13.7. The van der Waals surface area contributed by atoms with E-state index in [0.29, 0.717) is 17.2 Å². The first-order chi connectivity index (χ1) is 17.8. The predicted molar refractivity (Wildman–Crippen MR) is 136 cm³/mol. The van der Waals surface area contributed by atoms with Gasteiger partial charge in [0, 0.05) is 6.42 Å². The molecule has 10 nitrogen and oxygen atoms in total. The highest BCUT2D eigenvalue weighted by Gasteiger charge is 2.44. The number of hydrogen-bond donors (Lipinski definition) is 4. The van der Waals surface area contributed by atoms with Gasteiger partial charge in [0.15, 0.2) is 6.23 Å². The number of H-pyrrole nitrogens is 1. The average Bonchev–Trinajstić information content (AvgIpc) is 2.87. The van der Waals surface area contributed by atoms with Gasteiger partial charge in [0.25, 0.3) is 5.56 Å². The Bertz CT molecular complexity index is 922. The van der Waals surface area contributed by atoms with Crippen LogP contribution in [0.5, 0.6) is 0 Å². The Morgan fingerprint density at radius 1 is 1.00 bits per heavy atom. The summed E-state index contributed by atoms with van der Waals surface area (Å²) < 4.78 is 25.2. The summed E-state index contributed by atoms with van der Waals surface area (Å²) in [5, 5.41) is 20.6. The highest BCUT2D eigenvalue weighted by molar-refractivity contribution is 5.69. The van der Waals surface area contributed by atoms with Gasteiger partial charge < -0.3 is 25.4 Å². The number of aliphatic hydroxyl groups is 2. The zero-order valence-corrected chi connectivity index (χ0v) is 21.9. The van der Waals surface area contributed by atoms with E-state index in [1.807, 2.05) is 0 Å². The molecule has 0 aromatic carbocycles. The molecule has 1 aliphatic heterocycles. The summed E-state index contributed by atoms with van der Waals surface area (Å²) in [6.07, 6.45) is 10.8. The third-order valence-electron chi connectivity index (χ3n) is 6.86. The molecule has 5 unspecified atom stereocenters. The molecule has 5 N–H and O–H groups in total. The monoisotopic (exact) mass is 529 g/mol. The molecule has 0 radical (unpaired) electrons. The topological polar surface area (TPSA) is 157 Å². The fourth-order valence-electron chi connectivity index (χ4n) is 4.54. The van der Waals surface area contributed by atoms with Gasteiger partial charge in [-0.1, -0.05) is 84.0 Å². The summed E-state index contributed by atoms with van der Waals surface area (Å²) in [5.74, 6) is -1.70. The molecule has 2 heterocycles. The number of unbranched alkanes of at least 4 members (excludes halogenated alkanes) is 12. The molecule has 1 aliphatic rings. The standard InChI is InChI=1S/C26H44FN3O7/c1-2-3-4-5-6-7-8-9-10-11-12-13-14-15-20(31)36-17-19-22(32)23(33)21(28)25(37-19)30-16-18(27)24(34)29-26(30)35/h16,19,21-23,25,32-33H,2-15,17,28H2,1H3,(H,29,34,35). The molecule has 0 saturated carbocycles. The SMILES string of the molecule is CCCCCCCCCCCCCCCC(=O)OCC1OC(n2cc(F)c(=O)[nH]c2=O)C(N)C(O)C1O. The van der Waals surface area contributed by atoms with Crippen LogP contribution in [-0.2, 0) is 14.3 Å². The fraction of sp³-hybridized carbons (Fsp3) is 0.808. The van der Waals surface area contributed by atoms with Gasteiger partial charge in [0.1, 0.15) is 24.9 Å². The Morgan fingerprint density at radius 3 is 2.11 bits per heavy atom. The molecular formula is C26H44FN3O7. The van der Waals surface area contributed by atoms with Gasteiger partial charge in [-0.15, -0.1) is 0 Å². The molecule has 0 amide bonds. The maximum absolute atomic E-state index is 13.7. The minimum absolute atomic E-state index is 0.219. The van der Waals surface area contributed by atoms with E-state index in [0.717, 1.165) is 19.3 Å². The van der Waals surface area contributed by atoms with Crippen molar-refractivity contribution in [1.29, 1.82) is 0 Å². The van der Waals surface area contributed by atoms with Gasteiger partial charge in [0.05, 0.1) is 12.2 Å². The molecule has 0 bridgehead atoms. The minimum atomic E-state index is -1.54. The number of esters is 1. The third kappa shape index (κ3) is 10.3. The lowest BCUT2D eigenvalue weighted by atomic mass is 9.96. The van der Waals surface area contributed by atoms with Gasteiger partial charge in [-0.2, -0.15) is 4.39 Å². The molecule has 0 spiro atoms. The van der Waals surface area contributed by atoms with E-state index in [9.17, 15) is 29.0 Å². The molecule has 1 fully saturated rings. The molecule has 1 aromatic heterocycles. The number of carbonyl (C=O) groups excluding carboxylic acids is 1. The Balaban J connectivity index is 1.65. The van der Waals surface area contributed by atoms with Crippen LogP contribution in [0.4, 0.5) is 4.39 Å². The Hall–Kier alpha value is -2.08. The quantitative estimate of drug-likeness (QED) is 0.177. The molecule has 212 valence electrons. The van der Waals surface area contributed by atoms with Crippen LogP contribution >= 0.6 is 0 Å². The second-order valence-electron chi connectivity index (χ2n) is 9.94. The molecular weight excluding hydrogens is 485 g/mol. The number of nitrogens with one attached hydrogen (secondary N) is 1. The van der Waals surface area contributed by atoms with E-state index in [2.05, 4.69) is 6.92 Å². The van der Waals surface area contributed by atoms with Crippen LogP contribution in [0.15, 0.2) is 15.8 Å². The first-order valence-corrected chi connectivity index (χ1v) is 13.7. The molecule has 11 heteroatoms. The van der Waals surface area contributed by atoms with E-state index in [-0.39, 0.29) is 13.0 Å². The molecule has 1 saturated heterocycles. The van der Waals surface area contributed by atoms with Crippen molar-refractivity contribution < 1.29 is 28.9 Å². The zero-order chi connectivity index (χ0) is 27.2. The largest absolute Gasteiger partial charge is 0.463 e. The smallest absolute Gasteiger partial charge is 0.330 e. The van der Waals surface area contributed by atoms with Crippen molar-refractivity contribution in [2.75, 3.05) is 6.61 Å². The van der Waals surface area contributed by atoms with Crippen molar-refractivity contribution in [1.82, 2.24) is 9.55 Å². The number of rotatable bonds is 17. The average molecular weight is 530 g/mol. The van der Waals surface area contributed by atoms with Gasteiger partial charge in [-0.3, -0.25) is 19.1 Å². The van der Waals surface area contributed by atoms with Gasteiger partial charge in [0.2, 0.25) is 5.82 Å². The van der Waals surface area contributed by atoms with Crippen molar-refractivity contribution in [3.8, 4) is 0 Å². The Labute approximate surface area is 217 Å². The fourth-order valence-corrected chi connectivity index (χ4v) is 4.54. The maximum atomic E-state index is 13.7. The highest BCUT2D eigenvalue weighted by Crippen LogP contribution is 2.26.